The predicted molar refractivity (Wildman–Crippen MR) is 97.2 cm³/mol. The molecular formula is C18H21Cl2NO3. The van der Waals surface area contributed by atoms with Gasteiger partial charge in [-0.05, 0) is 30.7 Å². The van der Waals surface area contributed by atoms with Gasteiger partial charge in [0.2, 0.25) is 0 Å². The van der Waals surface area contributed by atoms with Crippen molar-refractivity contribution in [3.63, 3.8) is 0 Å². The minimum absolute atomic E-state index is 0.0884. The summed E-state index contributed by atoms with van der Waals surface area (Å²) in [4.78, 5) is 0. The molecular weight excluding hydrogens is 349 g/mol. The summed E-state index contributed by atoms with van der Waals surface area (Å²) in [6.45, 7) is 3.92. The zero-order valence-corrected chi connectivity index (χ0v) is 15.0. The van der Waals surface area contributed by atoms with Crippen LogP contribution in [0.25, 0.3) is 0 Å². The summed E-state index contributed by atoms with van der Waals surface area (Å²) in [6, 6.07) is 11.2. The average Bonchev–Trinajstić information content (AvgIpc) is 2.56. The van der Waals surface area contributed by atoms with Crippen LogP contribution in [0.4, 0.5) is 0 Å². The highest BCUT2D eigenvalue weighted by atomic mass is 35.5. The SMILES string of the molecule is CCOc1cc(CNCCO)cc(Cl)c1OCc1ccccc1Cl. The molecule has 0 saturated heterocycles. The first-order chi connectivity index (χ1) is 11.7. The van der Waals surface area contributed by atoms with Crippen molar-refractivity contribution in [3.8, 4) is 11.5 Å². The summed E-state index contributed by atoms with van der Waals surface area (Å²) in [5.74, 6) is 1.10. The van der Waals surface area contributed by atoms with Gasteiger partial charge in [0.15, 0.2) is 11.5 Å². The normalized spacial score (nSPS) is 10.7. The van der Waals surface area contributed by atoms with E-state index in [2.05, 4.69) is 5.32 Å². The summed E-state index contributed by atoms with van der Waals surface area (Å²) >= 11 is 12.5. The van der Waals surface area contributed by atoms with Gasteiger partial charge in [-0.3, -0.25) is 0 Å². The molecule has 0 aliphatic carbocycles. The van der Waals surface area contributed by atoms with E-state index in [1.165, 1.54) is 0 Å². The van der Waals surface area contributed by atoms with E-state index in [0.29, 0.717) is 47.8 Å². The van der Waals surface area contributed by atoms with Crippen LogP contribution >= 0.6 is 23.2 Å². The second-order valence-corrected chi connectivity index (χ2v) is 5.93. The van der Waals surface area contributed by atoms with Gasteiger partial charge >= 0.3 is 0 Å². The fraction of sp³-hybridized carbons (Fsp3) is 0.333. The topological polar surface area (TPSA) is 50.7 Å². The van der Waals surface area contributed by atoms with Crippen LogP contribution in [0, 0.1) is 0 Å². The molecule has 0 amide bonds. The molecule has 0 atom stereocenters. The fourth-order valence-electron chi connectivity index (χ4n) is 2.20. The summed E-state index contributed by atoms with van der Waals surface area (Å²) < 4.78 is 11.5. The first-order valence-electron chi connectivity index (χ1n) is 7.78. The molecule has 130 valence electrons. The van der Waals surface area contributed by atoms with E-state index in [9.17, 15) is 0 Å². The Morgan fingerprint density at radius 1 is 1.08 bits per heavy atom. The molecule has 0 heterocycles. The third kappa shape index (κ3) is 5.28. The van der Waals surface area contributed by atoms with E-state index in [-0.39, 0.29) is 6.61 Å². The van der Waals surface area contributed by atoms with Gasteiger partial charge in [0.05, 0.1) is 18.2 Å². The lowest BCUT2D eigenvalue weighted by molar-refractivity contribution is 0.269. The van der Waals surface area contributed by atoms with Crippen molar-refractivity contribution in [2.24, 2.45) is 0 Å². The highest BCUT2D eigenvalue weighted by Crippen LogP contribution is 2.37. The van der Waals surface area contributed by atoms with E-state index in [4.69, 9.17) is 37.8 Å². The number of hydrogen-bond donors (Lipinski definition) is 2. The first kappa shape index (κ1) is 18.9. The summed E-state index contributed by atoms with van der Waals surface area (Å²) in [6.07, 6.45) is 0. The largest absolute Gasteiger partial charge is 0.490 e. The van der Waals surface area contributed by atoms with Gasteiger partial charge in [-0.15, -0.1) is 0 Å². The molecule has 0 bridgehead atoms. The molecule has 4 nitrogen and oxygen atoms in total. The Bertz CT molecular complexity index is 665. The minimum atomic E-state index is 0.0884. The Morgan fingerprint density at radius 2 is 1.88 bits per heavy atom. The highest BCUT2D eigenvalue weighted by Gasteiger charge is 2.13. The molecule has 0 spiro atoms. The van der Waals surface area contributed by atoms with Crippen LogP contribution in [0.3, 0.4) is 0 Å². The standard InChI is InChI=1S/C18H21Cl2NO3/c1-2-23-17-10-13(11-21-7-8-22)9-16(20)18(17)24-12-14-5-3-4-6-15(14)19/h3-6,9-10,21-22H,2,7-8,11-12H2,1H3. The molecule has 0 radical (unpaired) electrons. The van der Waals surface area contributed by atoms with E-state index >= 15 is 0 Å². The predicted octanol–water partition coefficient (Wildman–Crippen LogP) is 4.05. The van der Waals surface area contributed by atoms with Crippen molar-refractivity contribution in [3.05, 3.63) is 57.6 Å². The van der Waals surface area contributed by atoms with Crippen LogP contribution < -0.4 is 14.8 Å². The van der Waals surface area contributed by atoms with Crippen molar-refractivity contribution in [1.29, 1.82) is 0 Å². The molecule has 2 N–H and O–H groups in total. The quantitative estimate of drug-likeness (QED) is 0.654. The van der Waals surface area contributed by atoms with E-state index < -0.39 is 0 Å². The van der Waals surface area contributed by atoms with Gasteiger partial charge in [0.25, 0.3) is 0 Å². The van der Waals surface area contributed by atoms with E-state index in [1.54, 1.807) is 0 Å². The molecule has 0 aromatic heterocycles. The number of halogens is 2. The fourth-order valence-corrected chi connectivity index (χ4v) is 2.68. The number of aliphatic hydroxyl groups excluding tert-OH is 1. The summed E-state index contributed by atoms with van der Waals surface area (Å²) in [5.41, 5.74) is 1.84. The van der Waals surface area contributed by atoms with Gasteiger partial charge in [-0.1, -0.05) is 41.4 Å². The van der Waals surface area contributed by atoms with Gasteiger partial charge in [0, 0.05) is 23.7 Å². The maximum Gasteiger partial charge on any atom is 0.180 e. The number of nitrogens with one attached hydrogen (secondary N) is 1. The molecule has 6 heteroatoms. The second-order valence-electron chi connectivity index (χ2n) is 5.12. The van der Waals surface area contributed by atoms with Crippen LogP contribution in [0.1, 0.15) is 18.1 Å². The van der Waals surface area contributed by atoms with Crippen LogP contribution in [0.15, 0.2) is 36.4 Å². The third-order valence-electron chi connectivity index (χ3n) is 3.32. The van der Waals surface area contributed by atoms with Crippen LogP contribution in [-0.2, 0) is 13.2 Å². The molecule has 0 saturated carbocycles. The molecule has 24 heavy (non-hydrogen) atoms. The second kappa shape index (κ2) is 9.74. The van der Waals surface area contributed by atoms with Crippen LogP contribution in [0.5, 0.6) is 11.5 Å². The number of aliphatic hydroxyl groups is 1. The molecule has 0 unspecified atom stereocenters. The maximum atomic E-state index is 8.84. The molecule has 0 aliphatic heterocycles. The van der Waals surface area contributed by atoms with Crippen LogP contribution in [0.2, 0.25) is 10.0 Å². The van der Waals surface area contributed by atoms with Crippen molar-refractivity contribution in [2.45, 2.75) is 20.1 Å². The van der Waals surface area contributed by atoms with Gasteiger partial charge < -0.3 is 19.9 Å². The smallest absolute Gasteiger partial charge is 0.180 e. The monoisotopic (exact) mass is 369 g/mol. The van der Waals surface area contributed by atoms with Crippen molar-refractivity contribution >= 4 is 23.2 Å². The number of rotatable bonds is 9. The van der Waals surface area contributed by atoms with E-state index in [0.717, 1.165) is 11.1 Å². The zero-order valence-electron chi connectivity index (χ0n) is 13.5. The maximum absolute atomic E-state index is 8.84. The Morgan fingerprint density at radius 3 is 2.58 bits per heavy atom. The van der Waals surface area contributed by atoms with Gasteiger partial charge in [0.1, 0.15) is 6.61 Å². The Kier molecular flexibility index (Phi) is 7.66. The Labute approximate surface area is 152 Å². The highest BCUT2D eigenvalue weighted by molar-refractivity contribution is 6.32. The number of hydrogen-bond acceptors (Lipinski definition) is 4. The average molecular weight is 370 g/mol. The Balaban J connectivity index is 2.16. The van der Waals surface area contributed by atoms with Gasteiger partial charge in [-0.25, -0.2) is 0 Å². The lowest BCUT2D eigenvalue weighted by Gasteiger charge is -2.16. The van der Waals surface area contributed by atoms with Crippen LogP contribution in [-0.4, -0.2) is 24.9 Å². The lowest BCUT2D eigenvalue weighted by Crippen LogP contribution is -2.17. The van der Waals surface area contributed by atoms with Crippen molar-refractivity contribution in [2.75, 3.05) is 19.8 Å². The molecule has 2 rings (SSSR count). The first-order valence-corrected chi connectivity index (χ1v) is 8.54. The van der Waals surface area contributed by atoms with E-state index in [1.807, 2.05) is 43.3 Å². The number of ether oxygens (including phenoxy) is 2. The van der Waals surface area contributed by atoms with Crippen molar-refractivity contribution < 1.29 is 14.6 Å². The number of benzene rings is 2. The zero-order chi connectivity index (χ0) is 17.4. The summed E-state index contributed by atoms with van der Waals surface area (Å²) in [5, 5.41) is 13.1. The molecule has 2 aromatic rings. The summed E-state index contributed by atoms with van der Waals surface area (Å²) in [7, 11) is 0. The van der Waals surface area contributed by atoms with Crippen molar-refractivity contribution in [1.82, 2.24) is 5.32 Å². The minimum Gasteiger partial charge on any atom is -0.490 e. The molecule has 0 aliphatic rings. The Hall–Kier alpha value is -1.46. The molecule has 0 fully saturated rings. The van der Waals surface area contributed by atoms with Gasteiger partial charge in [-0.2, -0.15) is 0 Å². The third-order valence-corrected chi connectivity index (χ3v) is 3.97. The lowest BCUT2D eigenvalue weighted by atomic mass is 10.2. The molecule has 2 aromatic carbocycles.